The number of benzene rings is 3. The minimum atomic E-state index is -0.416. The molecule has 6 heteroatoms. The predicted molar refractivity (Wildman–Crippen MR) is 208 cm³/mol. The van der Waals surface area contributed by atoms with Crippen molar-refractivity contribution in [1.82, 2.24) is 9.97 Å². The number of nitrogens with zero attached hydrogens (tertiary/aromatic N) is 3. The van der Waals surface area contributed by atoms with Gasteiger partial charge in [0, 0.05) is 34.6 Å². The van der Waals surface area contributed by atoms with Crippen LogP contribution in [0, 0.1) is 18.8 Å². The van der Waals surface area contributed by atoms with Crippen LogP contribution in [-0.4, -0.2) is 34.4 Å². The number of thioether (sulfide) groups is 1. The summed E-state index contributed by atoms with van der Waals surface area (Å²) in [5.74, 6) is 4.35. The highest BCUT2D eigenvalue weighted by molar-refractivity contribution is 8.00. The molecule has 4 aromatic rings. The smallest absolute Gasteiger partial charge is 0.139 e. The standard InChI is InChI=1S/C20H25ClOS.C11H13N3.C8H16.C2H6/c1-4-18(23-19-11-9-17(21)10-12-19)13-20(22)16-7-5-15(6-8-16)14(2)3;1-8-12-10-7-5-4-6-9(10)11(13-8)14(2)3;1-7-3-5-8(2)6-4-7;1-2/h5-12,14,18,20,22H,4,13H2,1-3H3;4-7H,1-3H3;7-8H,3-6H2,1-2H3;1-2H3. The van der Waals surface area contributed by atoms with Crippen LogP contribution < -0.4 is 4.90 Å². The number of rotatable bonds is 8. The maximum absolute atomic E-state index is 10.5. The second kappa shape index (κ2) is 21.4. The van der Waals surface area contributed by atoms with E-state index in [1.807, 2.05) is 100 Å². The minimum Gasteiger partial charge on any atom is -0.388 e. The summed E-state index contributed by atoms with van der Waals surface area (Å²) in [6.45, 7) is 17.2. The number of aryl methyl sites for hydroxylation is 1. The van der Waals surface area contributed by atoms with Crippen molar-refractivity contribution in [3.8, 4) is 0 Å². The van der Waals surface area contributed by atoms with Crippen molar-refractivity contribution < 1.29 is 5.11 Å². The number of fused-ring (bicyclic) bond motifs is 1. The molecular formula is C41H60ClN3OS. The molecular weight excluding hydrogens is 618 g/mol. The van der Waals surface area contributed by atoms with E-state index < -0.39 is 6.10 Å². The molecule has 3 aromatic carbocycles. The molecule has 2 atom stereocenters. The number of aromatic nitrogens is 2. The van der Waals surface area contributed by atoms with Crippen molar-refractivity contribution in [3.63, 3.8) is 0 Å². The molecule has 47 heavy (non-hydrogen) atoms. The van der Waals surface area contributed by atoms with Gasteiger partial charge in [-0.05, 0) is 85.0 Å². The Morgan fingerprint density at radius 3 is 1.87 bits per heavy atom. The molecule has 1 aromatic heterocycles. The van der Waals surface area contributed by atoms with Crippen LogP contribution in [0.2, 0.25) is 5.02 Å². The molecule has 0 amide bonds. The fraction of sp³-hybridized carbons (Fsp3) is 0.512. The Balaban J connectivity index is 0.000000269. The van der Waals surface area contributed by atoms with Crippen LogP contribution in [0.15, 0.2) is 77.7 Å². The van der Waals surface area contributed by atoms with Gasteiger partial charge in [-0.15, -0.1) is 11.8 Å². The Kier molecular flexibility index (Phi) is 18.5. The number of aliphatic hydroxyl groups is 1. The van der Waals surface area contributed by atoms with Crippen LogP contribution >= 0.6 is 23.4 Å². The van der Waals surface area contributed by atoms with Crippen LogP contribution in [0.3, 0.4) is 0 Å². The molecule has 0 radical (unpaired) electrons. The van der Waals surface area contributed by atoms with Crippen LogP contribution in [0.25, 0.3) is 10.9 Å². The lowest BCUT2D eigenvalue weighted by Gasteiger charge is -2.22. The fourth-order valence-electron chi connectivity index (χ4n) is 5.43. The zero-order valence-electron chi connectivity index (χ0n) is 30.6. The van der Waals surface area contributed by atoms with E-state index in [-0.39, 0.29) is 0 Å². The van der Waals surface area contributed by atoms with E-state index >= 15 is 0 Å². The van der Waals surface area contributed by atoms with Crippen LogP contribution in [0.4, 0.5) is 5.82 Å². The topological polar surface area (TPSA) is 49.3 Å². The molecule has 1 fully saturated rings. The minimum absolute atomic E-state index is 0.385. The zero-order valence-corrected chi connectivity index (χ0v) is 32.2. The number of para-hydroxylation sites is 1. The van der Waals surface area contributed by atoms with E-state index in [4.69, 9.17) is 11.6 Å². The Hall–Kier alpha value is -2.60. The van der Waals surface area contributed by atoms with E-state index in [9.17, 15) is 5.11 Å². The maximum atomic E-state index is 10.5. The SMILES string of the molecule is CC.CC1CCC(C)CC1.CCC(CC(O)c1ccc(C(C)C)cc1)Sc1ccc(Cl)cc1.Cc1nc(N(C)C)c2ccccc2n1. The van der Waals surface area contributed by atoms with Gasteiger partial charge in [-0.25, -0.2) is 9.97 Å². The second-order valence-electron chi connectivity index (χ2n) is 13.0. The Bertz CT molecular complexity index is 1410. The Morgan fingerprint density at radius 1 is 0.830 bits per heavy atom. The number of halogens is 1. The van der Waals surface area contributed by atoms with E-state index in [1.165, 1.54) is 36.1 Å². The lowest BCUT2D eigenvalue weighted by molar-refractivity contribution is 0.166. The zero-order chi connectivity index (χ0) is 34.9. The molecule has 2 unspecified atom stereocenters. The van der Waals surface area contributed by atoms with Crippen molar-refractivity contribution in [2.24, 2.45) is 11.8 Å². The van der Waals surface area contributed by atoms with Gasteiger partial charge < -0.3 is 10.0 Å². The lowest BCUT2D eigenvalue weighted by Crippen LogP contribution is -2.12. The van der Waals surface area contributed by atoms with Gasteiger partial charge in [0.15, 0.2) is 0 Å². The molecule has 5 rings (SSSR count). The maximum Gasteiger partial charge on any atom is 0.139 e. The van der Waals surface area contributed by atoms with Crippen molar-refractivity contribution in [2.45, 2.75) is 116 Å². The van der Waals surface area contributed by atoms with Gasteiger partial charge in [0.2, 0.25) is 0 Å². The molecule has 4 nitrogen and oxygen atoms in total. The first-order valence-electron chi connectivity index (χ1n) is 17.6. The summed E-state index contributed by atoms with van der Waals surface area (Å²) in [6.07, 6.45) is 7.25. The highest BCUT2D eigenvalue weighted by atomic mass is 35.5. The highest BCUT2D eigenvalue weighted by Crippen LogP contribution is 2.33. The molecule has 258 valence electrons. The number of hydrogen-bond donors (Lipinski definition) is 1. The van der Waals surface area contributed by atoms with Crippen molar-refractivity contribution in [1.29, 1.82) is 0 Å². The summed E-state index contributed by atoms with van der Waals surface area (Å²) >= 11 is 7.74. The Morgan fingerprint density at radius 2 is 1.36 bits per heavy atom. The van der Waals surface area contributed by atoms with Gasteiger partial charge in [-0.2, -0.15) is 0 Å². The second-order valence-corrected chi connectivity index (χ2v) is 14.9. The summed E-state index contributed by atoms with van der Waals surface area (Å²) in [7, 11) is 3.99. The number of aliphatic hydroxyl groups excluding tert-OH is 1. The average molecular weight is 678 g/mol. The highest BCUT2D eigenvalue weighted by Gasteiger charge is 2.16. The van der Waals surface area contributed by atoms with E-state index in [1.54, 1.807) is 0 Å². The summed E-state index contributed by atoms with van der Waals surface area (Å²) in [5.41, 5.74) is 3.32. The van der Waals surface area contributed by atoms with Gasteiger partial charge in [0.25, 0.3) is 0 Å². The number of hydrogen-bond acceptors (Lipinski definition) is 5. The van der Waals surface area contributed by atoms with Crippen LogP contribution in [0.5, 0.6) is 0 Å². The quantitative estimate of drug-likeness (QED) is 0.188. The largest absolute Gasteiger partial charge is 0.388 e. The molecule has 1 aliphatic rings. The molecule has 1 aliphatic carbocycles. The van der Waals surface area contributed by atoms with E-state index in [2.05, 4.69) is 68.9 Å². The van der Waals surface area contributed by atoms with Crippen molar-refractivity contribution in [2.75, 3.05) is 19.0 Å². The summed E-state index contributed by atoms with van der Waals surface area (Å²) in [5, 5.41) is 12.8. The molecule has 0 spiro atoms. The normalized spacial score (nSPS) is 16.9. The Labute approximate surface area is 295 Å². The van der Waals surface area contributed by atoms with Crippen LogP contribution in [0.1, 0.15) is 116 Å². The van der Waals surface area contributed by atoms with Gasteiger partial charge >= 0.3 is 0 Å². The van der Waals surface area contributed by atoms with Gasteiger partial charge in [-0.1, -0.05) is 122 Å². The van der Waals surface area contributed by atoms with Crippen LogP contribution in [-0.2, 0) is 0 Å². The van der Waals surface area contributed by atoms with Crippen molar-refractivity contribution >= 4 is 40.1 Å². The molecule has 1 heterocycles. The average Bonchev–Trinajstić information content (AvgIpc) is 3.07. The third-order valence-corrected chi connectivity index (χ3v) is 10.1. The summed E-state index contributed by atoms with van der Waals surface area (Å²) in [4.78, 5) is 12.0. The monoisotopic (exact) mass is 677 g/mol. The third-order valence-electron chi connectivity index (χ3n) is 8.47. The molecule has 1 N–H and O–H groups in total. The van der Waals surface area contributed by atoms with Gasteiger partial charge in [-0.3, -0.25) is 0 Å². The first-order chi connectivity index (χ1) is 22.5. The predicted octanol–water partition coefficient (Wildman–Crippen LogP) is 12.3. The van der Waals surface area contributed by atoms with Crippen molar-refractivity contribution in [3.05, 3.63) is 94.8 Å². The summed E-state index contributed by atoms with van der Waals surface area (Å²) < 4.78 is 0. The van der Waals surface area contributed by atoms with Gasteiger partial charge in [0.05, 0.1) is 11.6 Å². The van der Waals surface area contributed by atoms with E-state index in [0.717, 1.165) is 57.8 Å². The fourth-order valence-corrected chi connectivity index (χ4v) is 6.68. The first-order valence-corrected chi connectivity index (χ1v) is 18.8. The molecule has 0 saturated heterocycles. The van der Waals surface area contributed by atoms with Gasteiger partial charge in [0.1, 0.15) is 11.6 Å². The lowest BCUT2D eigenvalue weighted by atomic mass is 9.84. The summed E-state index contributed by atoms with van der Waals surface area (Å²) in [6, 6.07) is 24.3. The van der Waals surface area contributed by atoms with E-state index in [0.29, 0.717) is 11.2 Å². The molecule has 1 saturated carbocycles. The number of anilines is 1. The first kappa shape index (κ1) is 40.6. The third kappa shape index (κ3) is 14.2. The molecule has 0 aliphatic heterocycles. The molecule has 0 bridgehead atoms.